The molecule has 2 N–H and O–H groups in total. The predicted octanol–water partition coefficient (Wildman–Crippen LogP) is 2.70. The molecule has 0 aromatic heterocycles. The maximum absolute atomic E-state index is 10.0. The fourth-order valence-electron chi connectivity index (χ4n) is 1.49. The number of hydrogen-bond donors (Lipinski definition) is 1. The number of ether oxygens (including phenoxy) is 1. The molecule has 100 valence electrons. The third-order valence-corrected chi connectivity index (χ3v) is 2.53. The molecule has 0 atom stereocenters. The van der Waals surface area contributed by atoms with E-state index in [1.165, 1.54) is 5.56 Å². The Hall–Kier alpha value is -2.13. The summed E-state index contributed by atoms with van der Waals surface area (Å²) in [6, 6.07) is 17.1. The molecule has 2 aromatic rings. The minimum absolute atomic E-state index is 0.701. The van der Waals surface area contributed by atoms with Crippen LogP contribution >= 0.6 is 0 Å². The van der Waals surface area contributed by atoms with Gasteiger partial charge in [0.15, 0.2) is 0 Å². The summed E-state index contributed by atoms with van der Waals surface area (Å²) in [5.74, 6) is 0.894. The molecule has 2 rings (SSSR count). The standard InChI is InChI=1S/C9H13NO.C7H6O/c1-11-9-4-2-8(3-5-9)6-7-10;8-6-7-4-2-1-3-5-7/h2-5H,6-7,10H2,1H3;1-6H. The second-order valence-corrected chi connectivity index (χ2v) is 3.92. The van der Waals surface area contributed by atoms with Gasteiger partial charge in [0.05, 0.1) is 7.11 Å². The molecule has 0 amide bonds. The molecule has 19 heavy (non-hydrogen) atoms. The molecule has 2 aromatic carbocycles. The van der Waals surface area contributed by atoms with Gasteiger partial charge in [-0.1, -0.05) is 42.5 Å². The maximum Gasteiger partial charge on any atom is 0.150 e. The van der Waals surface area contributed by atoms with Crippen LogP contribution in [0.1, 0.15) is 15.9 Å². The first-order valence-corrected chi connectivity index (χ1v) is 6.13. The number of hydrogen-bond acceptors (Lipinski definition) is 3. The highest BCUT2D eigenvalue weighted by molar-refractivity contribution is 5.74. The smallest absolute Gasteiger partial charge is 0.150 e. The van der Waals surface area contributed by atoms with E-state index in [2.05, 4.69) is 0 Å². The average molecular weight is 257 g/mol. The Morgan fingerprint density at radius 2 is 1.68 bits per heavy atom. The van der Waals surface area contributed by atoms with Gasteiger partial charge >= 0.3 is 0 Å². The van der Waals surface area contributed by atoms with E-state index in [1.54, 1.807) is 19.2 Å². The maximum atomic E-state index is 10.0. The minimum Gasteiger partial charge on any atom is -0.497 e. The Morgan fingerprint density at radius 3 is 2.11 bits per heavy atom. The van der Waals surface area contributed by atoms with E-state index in [1.807, 2.05) is 42.5 Å². The Labute approximate surface area is 114 Å². The van der Waals surface area contributed by atoms with Crippen LogP contribution in [0.4, 0.5) is 0 Å². The molecule has 3 heteroatoms. The highest BCUT2D eigenvalue weighted by Crippen LogP contribution is 2.10. The molecule has 0 aliphatic heterocycles. The second kappa shape index (κ2) is 8.89. The highest BCUT2D eigenvalue weighted by Gasteiger charge is 1.91. The summed E-state index contributed by atoms with van der Waals surface area (Å²) in [7, 11) is 1.66. The van der Waals surface area contributed by atoms with Gasteiger partial charge in [0.1, 0.15) is 12.0 Å². The summed E-state index contributed by atoms with van der Waals surface area (Å²) in [5, 5.41) is 0. The van der Waals surface area contributed by atoms with Crippen LogP contribution in [0.25, 0.3) is 0 Å². The number of methoxy groups -OCH3 is 1. The molecule has 0 radical (unpaired) electrons. The van der Waals surface area contributed by atoms with E-state index in [4.69, 9.17) is 10.5 Å². The van der Waals surface area contributed by atoms with Crippen LogP contribution in [0.2, 0.25) is 0 Å². The second-order valence-electron chi connectivity index (χ2n) is 3.92. The van der Waals surface area contributed by atoms with Gasteiger partial charge in [-0.05, 0) is 30.7 Å². The van der Waals surface area contributed by atoms with E-state index in [0.29, 0.717) is 6.54 Å². The summed E-state index contributed by atoms with van der Waals surface area (Å²) in [6.07, 6.45) is 1.77. The van der Waals surface area contributed by atoms with E-state index in [0.717, 1.165) is 24.0 Å². The molecule has 0 fully saturated rings. The molecule has 0 saturated carbocycles. The number of carbonyl (C=O) groups excluding carboxylic acids is 1. The average Bonchev–Trinajstić information content (AvgIpc) is 2.50. The van der Waals surface area contributed by atoms with Crippen molar-refractivity contribution in [3.63, 3.8) is 0 Å². The van der Waals surface area contributed by atoms with Crippen LogP contribution in [0.5, 0.6) is 5.75 Å². The van der Waals surface area contributed by atoms with Crippen molar-refractivity contribution in [3.05, 3.63) is 65.7 Å². The summed E-state index contributed by atoms with van der Waals surface area (Å²) >= 11 is 0. The van der Waals surface area contributed by atoms with Crippen LogP contribution < -0.4 is 10.5 Å². The van der Waals surface area contributed by atoms with Crippen molar-refractivity contribution >= 4 is 6.29 Å². The van der Waals surface area contributed by atoms with Crippen molar-refractivity contribution in [2.24, 2.45) is 5.73 Å². The van der Waals surface area contributed by atoms with Crippen LogP contribution in [-0.2, 0) is 6.42 Å². The number of rotatable bonds is 4. The normalized spacial score (nSPS) is 9.16. The highest BCUT2D eigenvalue weighted by atomic mass is 16.5. The minimum atomic E-state index is 0.701. The fourth-order valence-corrected chi connectivity index (χ4v) is 1.49. The van der Waals surface area contributed by atoms with E-state index < -0.39 is 0 Å². The van der Waals surface area contributed by atoms with Gasteiger partial charge in [0.2, 0.25) is 0 Å². The molecule has 0 unspecified atom stereocenters. The topological polar surface area (TPSA) is 52.3 Å². The van der Waals surface area contributed by atoms with Crippen molar-refractivity contribution in [1.29, 1.82) is 0 Å². The fraction of sp³-hybridized carbons (Fsp3) is 0.188. The number of aldehydes is 1. The summed E-state index contributed by atoms with van der Waals surface area (Å²) < 4.78 is 5.02. The van der Waals surface area contributed by atoms with Crippen LogP contribution in [0, 0.1) is 0 Å². The van der Waals surface area contributed by atoms with E-state index in [-0.39, 0.29) is 0 Å². The molecule has 0 aliphatic rings. The molecule has 0 bridgehead atoms. The molecule has 0 saturated heterocycles. The third kappa shape index (κ3) is 5.84. The number of nitrogens with two attached hydrogens (primary N) is 1. The van der Waals surface area contributed by atoms with E-state index in [9.17, 15) is 4.79 Å². The Bertz CT molecular complexity index is 466. The molecule has 0 aliphatic carbocycles. The van der Waals surface area contributed by atoms with Gasteiger partial charge in [0, 0.05) is 5.56 Å². The van der Waals surface area contributed by atoms with Gasteiger partial charge < -0.3 is 10.5 Å². The van der Waals surface area contributed by atoms with Crippen molar-refractivity contribution in [1.82, 2.24) is 0 Å². The SMILES string of the molecule is COc1ccc(CCN)cc1.O=Cc1ccccc1. The lowest BCUT2D eigenvalue weighted by Gasteiger charge is -2.00. The Kier molecular flexibility index (Phi) is 6.98. The van der Waals surface area contributed by atoms with Crippen LogP contribution in [0.15, 0.2) is 54.6 Å². The first kappa shape index (κ1) is 14.9. The quantitative estimate of drug-likeness (QED) is 0.857. The van der Waals surface area contributed by atoms with Gasteiger partial charge in [-0.2, -0.15) is 0 Å². The zero-order valence-electron chi connectivity index (χ0n) is 11.1. The van der Waals surface area contributed by atoms with Crippen molar-refractivity contribution < 1.29 is 9.53 Å². The molecule has 3 nitrogen and oxygen atoms in total. The van der Waals surface area contributed by atoms with Crippen LogP contribution in [0.3, 0.4) is 0 Å². The Balaban J connectivity index is 0.000000200. The lowest BCUT2D eigenvalue weighted by atomic mass is 10.1. The first-order valence-electron chi connectivity index (χ1n) is 6.13. The molecular formula is C16H19NO2. The van der Waals surface area contributed by atoms with Gasteiger partial charge in [-0.25, -0.2) is 0 Å². The van der Waals surface area contributed by atoms with Crippen molar-refractivity contribution in [3.8, 4) is 5.75 Å². The van der Waals surface area contributed by atoms with Gasteiger partial charge in [0.25, 0.3) is 0 Å². The molecule has 0 spiro atoms. The molecular weight excluding hydrogens is 238 g/mol. The first-order chi connectivity index (χ1) is 9.30. The monoisotopic (exact) mass is 257 g/mol. The van der Waals surface area contributed by atoms with Gasteiger partial charge in [-0.15, -0.1) is 0 Å². The Morgan fingerprint density at radius 1 is 1.05 bits per heavy atom. The summed E-state index contributed by atoms with van der Waals surface area (Å²) in [5.41, 5.74) is 7.39. The predicted molar refractivity (Wildman–Crippen MR) is 77.6 cm³/mol. The lowest BCUT2D eigenvalue weighted by Crippen LogP contribution is -2.02. The van der Waals surface area contributed by atoms with Crippen molar-refractivity contribution in [2.45, 2.75) is 6.42 Å². The number of benzene rings is 2. The zero-order chi connectivity index (χ0) is 13.9. The van der Waals surface area contributed by atoms with Crippen molar-refractivity contribution in [2.75, 3.05) is 13.7 Å². The third-order valence-electron chi connectivity index (χ3n) is 2.53. The van der Waals surface area contributed by atoms with Gasteiger partial charge in [-0.3, -0.25) is 4.79 Å². The lowest BCUT2D eigenvalue weighted by molar-refractivity contribution is 0.112. The zero-order valence-corrected chi connectivity index (χ0v) is 11.1. The summed E-state index contributed by atoms with van der Waals surface area (Å²) in [4.78, 5) is 10.0. The van der Waals surface area contributed by atoms with Crippen LogP contribution in [-0.4, -0.2) is 19.9 Å². The number of carbonyl (C=O) groups is 1. The molecule has 0 heterocycles. The summed E-state index contributed by atoms with van der Waals surface area (Å²) in [6.45, 7) is 0.701. The van der Waals surface area contributed by atoms with E-state index >= 15 is 0 Å². The largest absolute Gasteiger partial charge is 0.497 e.